The van der Waals surface area contributed by atoms with Gasteiger partial charge in [0.25, 0.3) is 0 Å². The molecule has 0 saturated heterocycles. The van der Waals surface area contributed by atoms with Gasteiger partial charge in [-0.2, -0.15) is 0 Å². The Bertz CT molecular complexity index is 1600. The Balaban J connectivity index is 1.73. The molecule has 9 heteroatoms. The number of anilines is 1. The average molecular weight is 430 g/mol. The maximum atomic E-state index is 13.5. The third kappa shape index (κ3) is 3.20. The van der Waals surface area contributed by atoms with Crippen LogP contribution in [0.4, 0.5) is 5.82 Å². The number of nitrogens with one attached hydrogen (secondary N) is 1. The zero-order chi connectivity index (χ0) is 22.4. The number of benzene rings is 2. The molecular formula is C23H18N4O5. The Morgan fingerprint density at radius 1 is 1.06 bits per heavy atom. The first-order valence-electron chi connectivity index (χ1n) is 9.89. The summed E-state index contributed by atoms with van der Waals surface area (Å²) in [7, 11) is 0. The first-order valence-corrected chi connectivity index (χ1v) is 9.89. The van der Waals surface area contributed by atoms with Crippen LogP contribution in [0.15, 0.2) is 73.1 Å². The van der Waals surface area contributed by atoms with Gasteiger partial charge in [0.2, 0.25) is 11.5 Å². The van der Waals surface area contributed by atoms with Crippen molar-refractivity contribution in [2.45, 2.75) is 20.4 Å². The van der Waals surface area contributed by atoms with Crippen molar-refractivity contribution in [3.8, 4) is 5.69 Å². The monoisotopic (exact) mass is 430 g/mol. The normalized spacial score (nSPS) is 11.3. The largest absolute Gasteiger partial charge is 0.449 e. The molecule has 9 nitrogen and oxygen atoms in total. The lowest BCUT2D eigenvalue weighted by Gasteiger charge is -2.12. The topological polar surface area (TPSA) is 112 Å². The number of furan rings is 1. The van der Waals surface area contributed by atoms with E-state index in [0.717, 1.165) is 10.1 Å². The molecule has 5 rings (SSSR count). The van der Waals surface area contributed by atoms with Crippen LogP contribution in [-0.2, 0) is 11.3 Å². The number of para-hydroxylation sites is 1. The number of nitrogens with zero attached hydrogens (tertiary/aromatic N) is 3. The number of aromatic nitrogens is 3. The quantitative estimate of drug-likeness (QED) is 0.469. The molecule has 1 amide bonds. The minimum atomic E-state index is -0.649. The van der Waals surface area contributed by atoms with E-state index in [9.17, 15) is 14.4 Å². The molecule has 0 aliphatic heterocycles. The van der Waals surface area contributed by atoms with E-state index < -0.39 is 17.2 Å². The van der Waals surface area contributed by atoms with Crippen LogP contribution >= 0.6 is 0 Å². The smallest absolute Gasteiger partial charge is 0.336 e. The van der Waals surface area contributed by atoms with Gasteiger partial charge in [0.1, 0.15) is 23.4 Å². The van der Waals surface area contributed by atoms with Gasteiger partial charge in [-0.3, -0.25) is 14.2 Å². The van der Waals surface area contributed by atoms with Gasteiger partial charge in [-0.05, 0) is 38.1 Å². The fourth-order valence-electron chi connectivity index (χ4n) is 3.67. The SMILES string of the molecule is Cc1ccc(-n2c(=O)c3oc4ccccc4c3n(CC(=O)Nc3cc(C)on3)c2=O)cc1. The van der Waals surface area contributed by atoms with E-state index >= 15 is 0 Å². The van der Waals surface area contributed by atoms with Gasteiger partial charge in [0.05, 0.1) is 5.69 Å². The molecule has 160 valence electrons. The Hall–Kier alpha value is -4.40. The summed E-state index contributed by atoms with van der Waals surface area (Å²) >= 11 is 0. The zero-order valence-electron chi connectivity index (χ0n) is 17.3. The lowest BCUT2D eigenvalue weighted by atomic mass is 10.2. The van der Waals surface area contributed by atoms with Crippen LogP contribution in [0, 0.1) is 13.8 Å². The second-order valence-electron chi connectivity index (χ2n) is 7.49. The second kappa shape index (κ2) is 7.38. The highest BCUT2D eigenvalue weighted by atomic mass is 16.5. The maximum absolute atomic E-state index is 13.5. The summed E-state index contributed by atoms with van der Waals surface area (Å²) in [5, 5.41) is 6.91. The molecule has 0 aliphatic rings. The molecule has 0 radical (unpaired) electrons. The molecule has 3 heterocycles. The lowest BCUT2D eigenvalue weighted by Crippen LogP contribution is -2.40. The van der Waals surface area contributed by atoms with Crippen molar-refractivity contribution < 1.29 is 13.7 Å². The van der Waals surface area contributed by atoms with Gasteiger partial charge >= 0.3 is 11.2 Å². The average Bonchev–Trinajstić information content (AvgIpc) is 3.36. The van der Waals surface area contributed by atoms with E-state index in [1.807, 2.05) is 6.92 Å². The Morgan fingerprint density at radius 2 is 1.81 bits per heavy atom. The number of carbonyl (C=O) groups excluding carboxylic acids is 1. The summed E-state index contributed by atoms with van der Waals surface area (Å²) in [6.07, 6.45) is 0. The van der Waals surface area contributed by atoms with Gasteiger partial charge in [0, 0.05) is 11.5 Å². The molecule has 0 saturated carbocycles. The molecule has 0 unspecified atom stereocenters. The number of hydrogen-bond donors (Lipinski definition) is 1. The summed E-state index contributed by atoms with van der Waals surface area (Å²) in [5.74, 6) is 0.274. The predicted molar refractivity (Wildman–Crippen MR) is 118 cm³/mol. The van der Waals surface area contributed by atoms with Crippen molar-refractivity contribution in [3.63, 3.8) is 0 Å². The van der Waals surface area contributed by atoms with Crippen molar-refractivity contribution in [1.29, 1.82) is 0 Å². The molecule has 0 fully saturated rings. The van der Waals surface area contributed by atoms with Gasteiger partial charge in [-0.1, -0.05) is 35.0 Å². The molecule has 5 aromatic rings. The number of aryl methyl sites for hydroxylation is 2. The first-order chi connectivity index (χ1) is 15.4. The second-order valence-corrected chi connectivity index (χ2v) is 7.49. The molecule has 1 N–H and O–H groups in total. The molecular weight excluding hydrogens is 412 g/mol. The van der Waals surface area contributed by atoms with Crippen LogP contribution in [0.1, 0.15) is 11.3 Å². The van der Waals surface area contributed by atoms with E-state index in [1.165, 1.54) is 4.57 Å². The lowest BCUT2D eigenvalue weighted by molar-refractivity contribution is -0.116. The number of fused-ring (bicyclic) bond motifs is 3. The molecule has 32 heavy (non-hydrogen) atoms. The zero-order valence-corrected chi connectivity index (χ0v) is 17.3. The fraction of sp³-hybridized carbons (Fsp3) is 0.130. The first kappa shape index (κ1) is 19.6. The van der Waals surface area contributed by atoms with Crippen molar-refractivity contribution in [2.75, 3.05) is 5.32 Å². The minimum Gasteiger partial charge on any atom is -0.449 e. The Morgan fingerprint density at radius 3 is 2.53 bits per heavy atom. The van der Waals surface area contributed by atoms with E-state index in [-0.39, 0.29) is 23.5 Å². The summed E-state index contributed by atoms with van der Waals surface area (Å²) < 4.78 is 13.0. The van der Waals surface area contributed by atoms with Gasteiger partial charge in [-0.15, -0.1) is 0 Å². The Kier molecular flexibility index (Phi) is 4.51. The highest BCUT2D eigenvalue weighted by Crippen LogP contribution is 2.26. The van der Waals surface area contributed by atoms with Crippen LogP contribution in [0.3, 0.4) is 0 Å². The number of amides is 1. The number of hydrogen-bond acceptors (Lipinski definition) is 6. The summed E-state index contributed by atoms with van der Waals surface area (Å²) in [6.45, 7) is 3.26. The molecule has 0 atom stereocenters. The molecule has 0 aliphatic carbocycles. The van der Waals surface area contributed by atoms with Gasteiger partial charge < -0.3 is 14.3 Å². The summed E-state index contributed by atoms with van der Waals surface area (Å²) in [5.41, 5.74) is 0.838. The number of carbonyl (C=O) groups is 1. The van der Waals surface area contributed by atoms with Crippen LogP contribution in [0.5, 0.6) is 0 Å². The minimum absolute atomic E-state index is 0.00328. The van der Waals surface area contributed by atoms with Crippen LogP contribution in [0.2, 0.25) is 0 Å². The van der Waals surface area contributed by atoms with E-state index in [2.05, 4.69) is 10.5 Å². The third-order valence-electron chi connectivity index (χ3n) is 5.15. The highest BCUT2D eigenvalue weighted by molar-refractivity contribution is 6.03. The van der Waals surface area contributed by atoms with Crippen molar-refractivity contribution in [2.24, 2.45) is 0 Å². The van der Waals surface area contributed by atoms with E-state index in [1.54, 1.807) is 61.5 Å². The summed E-state index contributed by atoms with van der Waals surface area (Å²) in [4.78, 5) is 39.5. The number of rotatable bonds is 4. The van der Waals surface area contributed by atoms with Crippen LogP contribution in [-0.4, -0.2) is 20.2 Å². The molecule has 2 aromatic carbocycles. The summed E-state index contributed by atoms with van der Waals surface area (Å²) in [6, 6.07) is 15.5. The van der Waals surface area contributed by atoms with E-state index in [4.69, 9.17) is 8.94 Å². The van der Waals surface area contributed by atoms with Crippen molar-refractivity contribution >= 4 is 33.8 Å². The van der Waals surface area contributed by atoms with Crippen LogP contribution in [0.25, 0.3) is 27.8 Å². The highest BCUT2D eigenvalue weighted by Gasteiger charge is 2.22. The van der Waals surface area contributed by atoms with Gasteiger partial charge in [0.15, 0.2) is 5.82 Å². The standard InChI is InChI=1S/C23H18N4O5/c1-13-7-9-15(10-8-13)27-22(29)21-20(16-5-3-4-6-17(16)31-21)26(23(27)30)12-19(28)24-18-11-14(2)32-25-18/h3-11H,12H2,1-2H3,(H,24,25,28). The maximum Gasteiger partial charge on any atom is 0.336 e. The van der Waals surface area contributed by atoms with Gasteiger partial charge in [-0.25, -0.2) is 9.36 Å². The fourth-order valence-corrected chi connectivity index (χ4v) is 3.67. The molecule has 0 spiro atoms. The van der Waals surface area contributed by atoms with E-state index in [0.29, 0.717) is 22.4 Å². The van der Waals surface area contributed by atoms with Crippen molar-refractivity contribution in [3.05, 3.63) is 86.8 Å². The molecule has 0 bridgehead atoms. The molecule has 3 aromatic heterocycles. The van der Waals surface area contributed by atoms with Crippen molar-refractivity contribution in [1.82, 2.24) is 14.3 Å². The predicted octanol–water partition coefficient (Wildman–Crippen LogP) is 3.14. The Labute approximate surface area is 180 Å². The van der Waals surface area contributed by atoms with Crippen LogP contribution < -0.4 is 16.6 Å². The third-order valence-corrected chi connectivity index (χ3v) is 5.15.